The van der Waals surface area contributed by atoms with Gasteiger partial charge in [-0.2, -0.15) is 0 Å². The molecule has 0 aliphatic rings. The molecule has 0 saturated carbocycles. The third kappa shape index (κ3) is 7.21. The van der Waals surface area contributed by atoms with Gasteiger partial charge in [-0.25, -0.2) is 0 Å². The maximum absolute atomic E-state index is 12.4. The fourth-order valence-electron chi connectivity index (χ4n) is 3.96. The molecule has 0 saturated heterocycles. The Hall–Kier alpha value is -2.10. The zero-order valence-corrected chi connectivity index (χ0v) is 22.4. The SMILES string of the molecule is CCC[CH2][Sn]([CH2]CCC)([CH2]CCC)[O]c1ncn(Cc2ccc([N+](=O)[O-])cc2)c1C(N)=O. The Morgan fingerprint density at radius 1 is 1.06 bits per heavy atom. The molecule has 1 aromatic heterocycles. The number of nitro benzene ring substituents is 1. The topological polar surface area (TPSA) is 113 Å². The van der Waals surface area contributed by atoms with E-state index in [9.17, 15) is 14.9 Å². The molecule has 1 aromatic carbocycles. The number of benzene rings is 1. The van der Waals surface area contributed by atoms with Gasteiger partial charge in [-0.15, -0.1) is 0 Å². The van der Waals surface area contributed by atoms with E-state index >= 15 is 0 Å². The molecule has 0 fully saturated rings. The van der Waals surface area contributed by atoms with Crippen LogP contribution in [0.2, 0.25) is 13.3 Å². The first-order valence-corrected chi connectivity index (χ1v) is 18.8. The molecule has 0 aliphatic carbocycles. The van der Waals surface area contributed by atoms with Gasteiger partial charge in [0.2, 0.25) is 0 Å². The number of hydrogen-bond donors (Lipinski definition) is 1. The first-order valence-electron chi connectivity index (χ1n) is 11.6. The number of unbranched alkanes of at least 4 members (excludes halogenated alkanes) is 3. The summed E-state index contributed by atoms with van der Waals surface area (Å²) in [6, 6.07) is 6.26. The molecule has 1 heterocycles. The van der Waals surface area contributed by atoms with E-state index in [0.29, 0.717) is 12.4 Å². The van der Waals surface area contributed by atoms with Gasteiger partial charge in [0.05, 0.1) is 0 Å². The van der Waals surface area contributed by atoms with Crippen molar-refractivity contribution in [2.24, 2.45) is 5.73 Å². The number of nitrogens with two attached hydrogens (primary N) is 1. The van der Waals surface area contributed by atoms with Crippen LogP contribution in [-0.4, -0.2) is 39.2 Å². The van der Waals surface area contributed by atoms with Crippen LogP contribution in [0.15, 0.2) is 30.6 Å². The van der Waals surface area contributed by atoms with Crippen molar-refractivity contribution in [2.45, 2.75) is 79.2 Å². The predicted molar refractivity (Wildman–Crippen MR) is 128 cm³/mol. The zero-order chi connectivity index (χ0) is 23.6. The zero-order valence-electron chi connectivity index (χ0n) is 19.5. The van der Waals surface area contributed by atoms with Crippen molar-refractivity contribution in [3.63, 3.8) is 0 Å². The Bertz CT molecular complexity index is 861. The van der Waals surface area contributed by atoms with Gasteiger partial charge >= 0.3 is 195 Å². The van der Waals surface area contributed by atoms with Crippen LogP contribution in [0.3, 0.4) is 0 Å². The van der Waals surface area contributed by atoms with E-state index in [1.807, 2.05) is 0 Å². The fraction of sp³-hybridized carbons (Fsp3) is 0.565. The minimum absolute atomic E-state index is 0.0279. The van der Waals surface area contributed by atoms with Crippen molar-refractivity contribution >= 4 is 30.4 Å². The van der Waals surface area contributed by atoms with E-state index < -0.39 is 29.6 Å². The summed E-state index contributed by atoms with van der Waals surface area (Å²) in [5, 5.41) is 10.9. The molecule has 0 radical (unpaired) electrons. The summed E-state index contributed by atoms with van der Waals surface area (Å²) in [4.78, 5) is 27.3. The molecule has 32 heavy (non-hydrogen) atoms. The van der Waals surface area contributed by atoms with Gasteiger partial charge in [-0.05, 0) is 0 Å². The van der Waals surface area contributed by atoms with Crippen molar-refractivity contribution in [2.75, 3.05) is 0 Å². The number of primary amides is 1. The summed E-state index contributed by atoms with van der Waals surface area (Å²) in [5.74, 6) is -0.195. The standard InChI is InChI=1S/C11H10N4O4.3C4H9.Sn/c12-10(16)9-11(17)13-6-14(9)5-7-1-3-8(4-2-7)15(18)19;3*1-3-4-2;/h1-4,6,17H,5H2,(H2,12,16);3*1,3-4H2,2H3;/q;;;;+1/p-1. The van der Waals surface area contributed by atoms with Gasteiger partial charge in [-0.1, -0.05) is 0 Å². The van der Waals surface area contributed by atoms with Crippen LogP contribution in [0.5, 0.6) is 5.88 Å². The number of carbonyl (C=O) groups excluding carboxylic acids is 1. The predicted octanol–water partition coefficient (Wildman–Crippen LogP) is 5.66. The second-order valence-electron chi connectivity index (χ2n) is 8.41. The summed E-state index contributed by atoms with van der Waals surface area (Å²) >= 11 is -3.04. The van der Waals surface area contributed by atoms with E-state index in [4.69, 9.17) is 8.81 Å². The Kier molecular flexibility index (Phi) is 10.5. The van der Waals surface area contributed by atoms with Gasteiger partial charge in [0.1, 0.15) is 0 Å². The molecule has 1 amide bonds. The van der Waals surface area contributed by atoms with Gasteiger partial charge in [-0.3, -0.25) is 0 Å². The van der Waals surface area contributed by atoms with E-state index in [1.54, 1.807) is 23.0 Å². The number of nitrogens with zero attached hydrogens (tertiary/aromatic N) is 3. The van der Waals surface area contributed by atoms with Gasteiger partial charge in [0, 0.05) is 0 Å². The third-order valence-corrected chi connectivity index (χ3v) is 18.4. The first kappa shape index (κ1) is 26.2. The Morgan fingerprint density at radius 3 is 2.03 bits per heavy atom. The number of imidazole rings is 1. The van der Waals surface area contributed by atoms with Crippen molar-refractivity contribution in [3.05, 3.63) is 52.0 Å². The molecule has 0 bridgehead atoms. The quantitative estimate of drug-likeness (QED) is 0.174. The van der Waals surface area contributed by atoms with Crippen LogP contribution in [0, 0.1) is 10.1 Å². The molecule has 0 spiro atoms. The van der Waals surface area contributed by atoms with Crippen molar-refractivity contribution in [1.29, 1.82) is 0 Å². The molecule has 176 valence electrons. The molecule has 8 nitrogen and oxygen atoms in total. The average molecular weight is 551 g/mol. The van der Waals surface area contributed by atoms with E-state index in [-0.39, 0.29) is 11.4 Å². The fourth-order valence-corrected chi connectivity index (χ4v) is 17.1. The number of aromatic nitrogens is 2. The maximum atomic E-state index is 12.4. The summed E-state index contributed by atoms with van der Waals surface area (Å²) in [6.07, 6.45) is 8.37. The molecule has 2 aromatic rings. The number of nitro groups is 1. The van der Waals surface area contributed by atoms with Crippen LogP contribution in [0.25, 0.3) is 0 Å². The van der Waals surface area contributed by atoms with Crippen LogP contribution >= 0.6 is 0 Å². The summed E-state index contributed by atoms with van der Waals surface area (Å²) in [7, 11) is 0. The Labute approximate surface area is 195 Å². The van der Waals surface area contributed by atoms with Crippen LogP contribution in [0.4, 0.5) is 5.69 Å². The summed E-state index contributed by atoms with van der Waals surface area (Å²) < 4.78 is 11.8. The van der Waals surface area contributed by atoms with Crippen LogP contribution in [0.1, 0.15) is 75.3 Å². The van der Waals surface area contributed by atoms with Crippen LogP contribution in [-0.2, 0) is 6.54 Å². The number of hydrogen-bond acceptors (Lipinski definition) is 5. The molecule has 0 aliphatic heterocycles. The second kappa shape index (κ2) is 12.8. The van der Waals surface area contributed by atoms with Gasteiger partial charge in [0.25, 0.3) is 0 Å². The van der Waals surface area contributed by atoms with Gasteiger partial charge in [0.15, 0.2) is 0 Å². The number of carbonyl (C=O) groups is 1. The Balaban J connectivity index is 2.34. The number of rotatable bonds is 15. The first-order chi connectivity index (χ1) is 15.4. The monoisotopic (exact) mass is 552 g/mol. The third-order valence-electron chi connectivity index (χ3n) is 5.81. The molecule has 9 heteroatoms. The van der Waals surface area contributed by atoms with Crippen molar-refractivity contribution in [1.82, 2.24) is 9.55 Å². The summed E-state index contributed by atoms with van der Waals surface area (Å²) in [5.41, 5.74) is 6.88. The molecular weight excluding hydrogens is 515 g/mol. The number of amides is 1. The normalized spacial score (nSPS) is 11.5. The van der Waals surface area contributed by atoms with Gasteiger partial charge < -0.3 is 0 Å². The minimum atomic E-state index is -3.04. The molecule has 2 N–H and O–H groups in total. The molecule has 2 rings (SSSR count). The van der Waals surface area contributed by atoms with E-state index in [2.05, 4.69) is 25.8 Å². The second-order valence-corrected chi connectivity index (χ2v) is 20.0. The molecular formula is C23H36N4O4Sn. The summed E-state index contributed by atoms with van der Waals surface area (Å²) in [6.45, 7) is 6.94. The molecule has 0 atom stereocenters. The van der Waals surface area contributed by atoms with Crippen molar-refractivity contribution in [3.8, 4) is 5.88 Å². The van der Waals surface area contributed by atoms with E-state index in [0.717, 1.165) is 57.4 Å². The molecule has 0 unspecified atom stereocenters. The Morgan fingerprint density at radius 2 is 1.59 bits per heavy atom. The van der Waals surface area contributed by atoms with Crippen LogP contribution < -0.4 is 8.81 Å². The number of non-ortho nitro benzene ring substituents is 1. The van der Waals surface area contributed by atoms with E-state index in [1.165, 1.54) is 12.1 Å². The average Bonchev–Trinajstić information content (AvgIpc) is 3.16. The van der Waals surface area contributed by atoms with Crippen molar-refractivity contribution < 1.29 is 12.8 Å².